The van der Waals surface area contributed by atoms with E-state index in [0.29, 0.717) is 0 Å². The summed E-state index contributed by atoms with van der Waals surface area (Å²) in [5.74, 6) is 0.132. The van der Waals surface area contributed by atoms with Gasteiger partial charge in [0.2, 0.25) is 5.91 Å². The van der Waals surface area contributed by atoms with Gasteiger partial charge in [-0.1, -0.05) is 24.3 Å². The molecule has 0 aromatic heterocycles. The smallest absolute Gasteiger partial charge is 0.237 e. The quantitative estimate of drug-likeness (QED) is 0.884. The molecule has 25 heavy (non-hydrogen) atoms. The zero-order chi connectivity index (χ0) is 17.8. The summed E-state index contributed by atoms with van der Waals surface area (Å²) in [7, 11) is 0. The molecule has 1 aromatic carbocycles. The maximum Gasteiger partial charge on any atom is 0.237 e. The predicted molar refractivity (Wildman–Crippen MR) is 99.6 cm³/mol. The van der Waals surface area contributed by atoms with Crippen molar-refractivity contribution < 1.29 is 9.53 Å². The molecule has 138 valence electrons. The minimum Gasteiger partial charge on any atom is -0.372 e. The highest BCUT2D eigenvalue weighted by Gasteiger charge is 2.28. The summed E-state index contributed by atoms with van der Waals surface area (Å²) in [5.41, 5.74) is 2.78. The van der Waals surface area contributed by atoms with Crippen LogP contribution in [0.15, 0.2) is 24.3 Å². The van der Waals surface area contributed by atoms with E-state index in [0.717, 1.165) is 45.8 Å². The van der Waals surface area contributed by atoms with Crippen LogP contribution in [0.5, 0.6) is 0 Å². The molecule has 0 radical (unpaired) electrons. The molecule has 5 nitrogen and oxygen atoms in total. The molecule has 3 rings (SSSR count). The van der Waals surface area contributed by atoms with Crippen LogP contribution in [0.1, 0.15) is 38.0 Å². The second-order valence-electron chi connectivity index (χ2n) is 7.48. The fourth-order valence-corrected chi connectivity index (χ4v) is 3.77. The highest BCUT2D eigenvalue weighted by atomic mass is 16.5. The lowest BCUT2D eigenvalue weighted by Crippen LogP contribution is -2.55. The summed E-state index contributed by atoms with van der Waals surface area (Å²) in [6, 6.07) is 8.78. The van der Waals surface area contributed by atoms with Gasteiger partial charge in [-0.25, -0.2) is 0 Å². The number of fused-ring (bicyclic) bond motifs is 1. The van der Waals surface area contributed by atoms with Gasteiger partial charge in [-0.2, -0.15) is 0 Å². The molecule has 1 N–H and O–H groups in total. The third-order valence-corrected chi connectivity index (χ3v) is 5.28. The van der Waals surface area contributed by atoms with Crippen LogP contribution in [-0.2, 0) is 16.0 Å². The third kappa shape index (κ3) is 4.60. The zero-order valence-corrected chi connectivity index (χ0v) is 15.7. The van der Waals surface area contributed by atoms with Gasteiger partial charge >= 0.3 is 0 Å². The molecule has 1 aromatic rings. The van der Waals surface area contributed by atoms with Crippen molar-refractivity contribution in [3.05, 3.63) is 35.4 Å². The first-order valence-electron chi connectivity index (χ1n) is 9.51. The average Bonchev–Trinajstić information content (AvgIpc) is 2.61. The van der Waals surface area contributed by atoms with E-state index in [-0.39, 0.29) is 24.1 Å². The molecule has 0 saturated carbocycles. The van der Waals surface area contributed by atoms with Crippen LogP contribution in [0.4, 0.5) is 0 Å². The Morgan fingerprint density at radius 3 is 2.64 bits per heavy atom. The summed E-state index contributed by atoms with van der Waals surface area (Å²) >= 11 is 0. The van der Waals surface area contributed by atoms with Gasteiger partial charge in [-0.15, -0.1) is 0 Å². The average molecular weight is 345 g/mol. The van der Waals surface area contributed by atoms with Gasteiger partial charge in [0.25, 0.3) is 0 Å². The standard InChI is InChI=1S/C20H31N3O2/c1-15(2)21-20(24)16(3)23-11-9-22(10-12-23)14-19-18-7-5-4-6-17(18)8-13-25-19/h4-7,15-16,19H,8-14H2,1-3H3,(H,21,24)/t16-,19-/m1/s1. The van der Waals surface area contributed by atoms with E-state index in [1.165, 1.54) is 11.1 Å². The summed E-state index contributed by atoms with van der Waals surface area (Å²) in [6.07, 6.45) is 1.20. The van der Waals surface area contributed by atoms with E-state index >= 15 is 0 Å². The first-order chi connectivity index (χ1) is 12.0. The van der Waals surface area contributed by atoms with Crippen molar-refractivity contribution in [3.63, 3.8) is 0 Å². The molecule has 0 spiro atoms. The monoisotopic (exact) mass is 345 g/mol. The van der Waals surface area contributed by atoms with E-state index < -0.39 is 0 Å². The second kappa shape index (κ2) is 8.30. The number of hydrogen-bond acceptors (Lipinski definition) is 4. The normalized spacial score (nSPS) is 23.3. The van der Waals surface area contributed by atoms with Crippen LogP contribution in [0.25, 0.3) is 0 Å². The lowest BCUT2D eigenvalue weighted by molar-refractivity contribution is -0.127. The molecule has 1 amide bonds. The Hall–Kier alpha value is -1.43. The predicted octanol–water partition coefficient (Wildman–Crippen LogP) is 1.83. The Morgan fingerprint density at radius 1 is 1.20 bits per heavy atom. The van der Waals surface area contributed by atoms with Crippen LogP contribution < -0.4 is 5.32 Å². The molecule has 1 fully saturated rings. The van der Waals surface area contributed by atoms with Crippen molar-refractivity contribution in [1.29, 1.82) is 0 Å². The van der Waals surface area contributed by atoms with Crippen molar-refractivity contribution in [3.8, 4) is 0 Å². The minimum absolute atomic E-state index is 0.0591. The maximum absolute atomic E-state index is 12.2. The fraction of sp³-hybridized carbons (Fsp3) is 0.650. The van der Waals surface area contributed by atoms with Gasteiger partial charge in [0.05, 0.1) is 18.8 Å². The first-order valence-corrected chi connectivity index (χ1v) is 9.51. The Balaban J connectivity index is 1.51. The molecule has 0 bridgehead atoms. The van der Waals surface area contributed by atoms with Gasteiger partial charge < -0.3 is 10.1 Å². The molecule has 5 heteroatoms. The third-order valence-electron chi connectivity index (χ3n) is 5.28. The van der Waals surface area contributed by atoms with E-state index in [1.54, 1.807) is 0 Å². The molecule has 2 atom stereocenters. The first kappa shape index (κ1) is 18.4. The van der Waals surface area contributed by atoms with Crippen LogP contribution >= 0.6 is 0 Å². The number of nitrogens with one attached hydrogen (secondary N) is 1. The number of carbonyl (C=O) groups is 1. The van der Waals surface area contributed by atoms with Crippen LogP contribution in [-0.4, -0.2) is 67.1 Å². The number of amides is 1. The zero-order valence-electron chi connectivity index (χ0n) is 15.7. The van der Waals surface area contributed by atoms with Crippen molar-refractivity contribution >= 4 is 5.91 Å². The molecule has 0 unspecified atom stereocenters. The van der Waals surface area contributed by atoms with E-state index in [2.05, 4.69) is 39.4 Å². The van der Waals surface area contributed by atoms with Gasteiger partial charge in [-0.05, 0) is 38.3 Å². The minimum atomic E-state index is -0.0591. The summed E-state index contributed by atoms with van der Waals surface area (Å²) in [6.45, 7) is 11.6. The topological polar surface area (TPSA) is 44.8 Å². The Kier molecular flexibility index (Phi) is 6.10. The van der Waals surface area contributed by atoms with Crippen molar-refractivity contribution in [2.24, 2.45) is 0 Å². The number of hydrogen-bond donors (Lipinski definition) is 1. The molecule has 2 aliphatic rings. The highest BCUT2D eigenvalue weighted by Crippen LogP contribution is 2.28. The number of nitrogens with zero attached hydrogens (tertiary/aromatic N) is 2. The molecular formula is C20H31N3O2. The van der Waals surface area contributed by atoms with Gasteiger partial charge in [0.1, 0.15) is 0 Å². The number of rotatable bonds is 5. The Morgan fingerprint density at radius 2 is 1.92 bits per heavy atom. The Labute approximate surface area is 151 Å². The van der Waals surface area contributed by atoms with Gasteiger partial charge in [0.15, 0.2) is 0 Å². The molecule has 2 heterocycles. The largest absolute Gasteiger partial charge is 0.372 e. The lowest BCUT2D eigenvalue weighted by atomic mass is 9.97. The number of piperazine rings is 1. The van der Waals surface area contributed by atoms with Crippen LogP contribution in [0.2, 0.25) is 0 Å². The van der Waals surface area contributed by atoms with Gasteiger partial charge in [-0.3, -0.25) is 14.6 Å². The molecule has 2 aliphatic heterocycles. The van der Waals surface area contributed by atoms with Crippen molar-refractivity contribution in [1.82, 2.24) is 15.1 Å². The summed E-state index contributed by atoms with van der Waals surface area (Å²) in [5, 5.41) is 3.01. The lowest BCUT2D eigenvalue weighted by Gasteiger charge is -2.39. The van der Waals surface area contributed by atoms with E-state index in [4.69, 9.17) is 4.74 Å². The van der Waals surface area contributed by atoms with Gasteiger partial charge in [0, 0.05) is 38.8 Å². The Bertz CT molecular complexity index is 582. The maximum atomic E-state index is 12.2. The van der Waals surface area contributed by atoms with E-state index in [9.17, 15) is 4.79 Å². The summed E-state index contributed by atoms with van der Waals surface area (Å²) in [4.78, 5) is 17.0. The van der Waals surface area contributed by atoms with E-state index in [1.807, 2.05) is 20.8 Å². The SMILES string of the molecule is CC(C)NC(=O)[C@@H](C)N1CCN(C[C@H]2OCCc3ccccc32)CC1. The summed E-state index contributed by atoms with van der Waals surface area (Å²) < 4.78 is 6.04. The number of carbonyl (C=O) groups excluding carboxylic acids is 1. The molecular weight excluding hydrogens is 314 g/mol. The number of ether oxygens (including phenoxy) is 1. The molecule has 0 aliphatic carbocycles. The number of benzene rings is 1. The van der Waals surface area contributed by atoms with Crippen LogP contribution in [0.3, 0.4) is 0 Å². The second-order valence-corrected chi connectivity index (χ2v) is 7.48. The van der Waals surface area contributed by atoms with Crippen molar-refractivity contribution in [2.45, 2.75) is 45.4 Å². The fourth-order valence-electron chi connectivity index (χ4n) is 3.77. The van der Waals surface area contributed by atoms with Crippen molar-refractivity contribution in [2.75, 3.05) is 39.3 Å². The highest BCUT2D eigenvalue weighted by molar-refractivity contribution is 5.81. The molecule has 1 saturated heterocycles. The van der Waals surface area contributed by atoms with Crippen LogP contribution in [0, 0.1) is 0 Å².